The summed E-state index contributed by atoms with van der Waals surface area (Å²) in [5.41, 5.74) is 4.14. The van der Waals surface area contributed by atoms with Crippen molar-refractivity contribution in [2.75, 3.05) is 5.32 Å². The van der Waals surface area contributed by atoms with Crippen LogP contribution in [0.25, 0.3) is 21.9 Å². The Bertz CT molecular complexity index is 1670. The molecule has 5 heterocycles. The minimum absolute atomic E-state index is 0.118. The van der Waals surface area contributed by atoms with Crippen LogP contribution in [-0.2, 0) is 27.2 Å². The highest BCUT2D eigenvalue weighted by Gasteiger charge is 2.55. The van der Waals surface area contributed by atoms with E-state index in [2.05, 4.69) is 39.6 Å². The maximum atomic E-state index is 6.60. The van der Waals surface area contributed by atoms with Gasteiger partial charge in [-0.1, -0.05) is 35.9 Å². The second-order valence-corrected chi connectivity index (χ2v) is 11.3. The van der Waals surface area contributed by atoms with Crippen molar-refractivity contribution in [3.05, 3.63) is 95.5 Å². The van der Waals surface area contributed by atoms with Gasteiger partial charge in [0.15, 0.2) is 12.0 Å². The molecule has 2 saturated heterocycles. The zero-order valence-corrected chi connectivity index (χ0v) is 23.1. The molecule has 7 rings (SSSR count). The van der Waals surface area contributed by atoms with Gasteiger partial charge in [-0.15, -0.1) is 0 Å². The van der Waals surface area contributed by atoms with Gasteiger partial charge in [-0.05, 0) is 74.2 Å². The van der Waals surface area contributed by atoms with Gasteiger partial charge < -0.3 is 24.1 Å². The molecule has 0 spiro atoms. The van der Waals surface area contributed by atoms with Crippen LogP contribution in [-0.4, -0.2) is 43.6 Å². The second kappa shape index (κ2) is 10.1. The highest BCUT2D eigenvalue weighted by atomic mass is 35.5. The van der Waals surface area contributed by atoms with Gasteiger partial charge in [-0.25, -0.2) is 15.0 Å². The van der Waals surface area contributed by atoms with Crippen LogP contribution in [0.3, 0.4) is 0 Å². The minimum Gasteiger partial charge on any atom is -0.366 e. The maximum Gasteiger partial charge on any atom is 0.164 e. The Morgan fingerprint density at radius 1 is 0.950 bits per heavy atom. The van der Waals surface area contributed by atoms with Crippen molar-refractivity contribution in [1.29, 1.82) is 0 Å². The van der Waals surface area contributed by atoms with Crippen molar-refractivity contribution < 1.29 is 14.2 Å². The number of anilines is 1. The largest absolute Gasteiger partial charge is 0.366 e. The molecule has 0 aliphatic carbocycles. The smallest absolute Gasteiger partial charge is 0.164 e. The Hall–Kier alpha value is -3.56. The van der Waals surface area contributed by atoms with E-state index in [1.165, 1.54) is 5.56 Å². The number of hydrogen-bond acceptors (Lipinski definition) is 7. The molecule has 2 fully saturated rings. The van der Waals surface area contributed by atoms with Gasteiger partial charge in [0.2, 0.25) is 0 Å². The Kier molecular flexibility index (Phi) is 6.43. The topological polar surface area (TPSA) is 83.3 Å². The van der Waals surface area contributed by atoms with E-state index in [4.69, 9.17) is 30.8 Å². The van der Waals surface area contributed by atoms with Gasteiger partial charge in [0.05, 0.1) is 11.6 Å². The molecule has 204 valence electrons. The third-order valence-corrected chi connectivity index (χ3v) is 7.89. The van der Waals surface area contributed by atoms with E-state index in [9.17, 15) is 0 Å². The molecule has 0 amide bonds. The quantitative estimate of drug-likeness (QED) is 0.252. The van der Waals surface area contributed by atoms with E-state index in [1.54, 1.807) is 6.33 Å². The van der Waals surface area contributed by atoms with Crippen molar-refractivity contribution in [2.24, 2.45) is 0 Å². The summed E-state index contributed by atoms with van der Waals surface area (Å²) in [4.78, 5) is 13.5. The lowest BCUT2D eigenvalue weighted by molar-refractivity contribution is -0.196. The number of rotatable bonds is 7. The van der Waals surface area contributed by atoms with Crippen LogP contribution in [0.5, 0.6) is 0 Å². The molecule has 0 bridgehead atoms. The van der Waals surface area contributed by atoms with Crippen LogP contribution in [0.1, 0.15) is 37.6 Å². The third-order valence-electron chi connectivity index (χ3n) is 7.64. The Morgan fingerprint density at radius 2 is 1.75 bits per heavy atom. The van der Waals surface area contributed by atoms with Crippen molar-refractivity contribution in [3.63, 3.8) is 0 Å². The van der Waals surface area contributed by atoms with Gasteiger partial charge in [0.25, 0.3) is 0 Å². The van der Waals surface area contributed by atoms with Crippen molar-refractivity contribution in [3.8, 4) is 0 Å². The summed E-state index contributed by atoms with van der Waals surface area (Å²) in [7, 11) is 0. The standard InChI is InChI=1S/C31H30ClN5O3/c1-31(2)39-27-25(38-30(28(27)40-31)37-14-13-22-17-33-18-35-29(22)37)11-6-19-3-7-21-8-12-26(36-24(21)15-19)34-16-20-4-9-23(32)10-5-20/h3-5,7-10,12-15,17-18,25,27-28,30H,6,11,16H2,1-2H3,(H,34,36)/t25-,27-,28-,30-/m1/s1. The zero-order chi connectivity index (χ0) is 27.3. The van der Waals surface area contributed by atoms with Crippen LogP contribution < -0.4 is 5.32 Å². The first kappa shape index (κ1) is 25.4. The average molecular weight is 556 g/mol. The van der Waals surface area contributed by atoms with E-state index in [1.807, 2.05) is 67.2 Å². The Labute approximate surface area is 237 Å². The number of benzene rings is 2. The normalized spacial score (nSPS) is 23.6. The van der Waals surface area contributed by atoms with Crippen molar-refractivity contribution >= 4 is 39.4 Å². The molecule has 2 aliphatic heterocycles. The molecule has 0 saturated carbocycles. The molecule has 4 atom stereocenters. The molecule has 8 nitrogen and oxygen atoms in total. The summed E-state index contributed by atoms with van der Waals surface area (Å²) >= 11 is 6.01. The number of fused-ring (bicyclic) bond motifs is 3. The molecule has 40 heavy (non-hydrogen) atoms. The van der Waals surface area contributed by atoms with Crippen LogP contribution in [0.2, 0.25) is 5.02 Å². The summed E-state index contributed by atoms with van der Waals surface area (Å²) in [6, 6.07) is 20.4. The van der Waals surface area contributed by atoms with E-state index in [0.717, 1.165) is 51.2 Å². The number of ether oxygens (including phenoxy) is 3. The van der Waals surface area contributed by atoms with Crippen LogP contribution in [0.15, 0.2) is 79.4 Å². The number of nitrogens with zero attached hydrogens (tertiary/aromatic N) is 4. The van der Waals surface area contributed by atoms with Gasteiger partial charge >= 0.3 is 0 Å². The first-order chi connectivity index (χ1) is 19.4. The summed E-state index contributed by atoms with van der Waals surface area (Å²) in [5.74, 6) is 0.168. The fraction of sp³-hybridized carbons (Fsp3) is 0.323. The predicted octanol–water partition coefficient (Wildman–Crippen LogP) is 6.30. The molecule has 5 aromatic rings. The Balaban J connectivity index is 1.07. The molecule has 2 aliphatic rings. The summed E-state index contributed by atoms with van der Waals surface area (Å²) in [6.45, 7) is 4.60. The highest BCUT2D eigenvalue weighted by Crippen LogP contribution is 2.45. The van der Waals surface area contributed by atoms with Crippen LogP contribution in [0, 0.1) is 0 Å². The highest BCUT2D eigenvalue weighted by molar-refractivity contribution is 6.30. The Morgan fingerprint density at radius 3 is 2.62 bits per heavy atom. The summed E-state index contributed by atoms with van der Waals surface area (Å²) in [5, 5.41) is 6.22. The molecule has 1 N–H and O–H groups in total. The number of halogens is 1. The number of pyridine rings is 1. The van der Waals surface area contributed by atoms with Gasteiger partial charge in [-0.3, -0.25) is 0 Å². The van der Waals surface area contributed by atoms with Crippen molar-refractivity contribution in [1.82, 2.24) is 19.5 Å². The minimum atomic E-state index is -0.671. The zero-order valence-electron chi connectivity index (χ0n) is 22.3. The predicted molar refractivity (Wildman–Crippen MR) is 154 cm³/mol. The lowest BCUT2D eigenvalue weighted by atomic mass is 10.0. The SMILES string of the molecule is CC1(C)O[C@@H]2[C@H](O1)[C@@H](CCc1ccc3ccc(NCc4ccc(Cl)cc4)nc3c1)O[C@H]2n1ccc2cncnc21. The van der Waals surface area contributed by atoms with Gasteiger partial charge in [0.1, 0.15) is 30.0 Å². The number of aryl methyl sites for hydroxylation is 1. The summed E-state index contributed by atoms with van der Waals surface area (Å²) < 4.78 is 21.3. The molecule has 3 aromatic heterocycles. The fourth-order valence-corrected chi connectivity index (χ4v) is 5.87. The molecule has 0 radical (unpaired) electrons. The summed E-state index contributed by atoms with van der Waals surface area (Å²) in [6.07, 6.45) is 6.16. The molecule has 0 unspecified atom stereocenters. The average Bonchev–Trinajstić information content (AvgIpc) is 3.62. The first-order valence-electron chi connectivity index (χ1n) is 13.6. The van der Waals surface area contributed by atoms with E-state index >= 15 is 0 Å². The molecule has 9 heteroatoms. The third kappa shape index (κ3) is 4.92. The maximum absolute atomic E-state index is 6.60. The van der Waals surface area contributed by atoms with E-state index in [-0.39, 0.29) is 24.5 Å². The second-order valence-electron chi connectivity index (χ2n) is 10.9. The monoisotopic (exact) mass is 555 g/mol. The number of hydrogen-bond donors (Lipinski definition) is 1. The van der Waals surface area contributed by atoms with E-state index in [0.29, 0.717) is 6.54 Å². The number of nitrogens with one attached hydrogen (secondary N) is 1. The lowest BCUT2D eigenvalue weighted by Gasteiger charge is -2.25. The fourth-order valence-electron chi connectivity index (χ4n) is 5.74. The van der Waals surface area contributed by atoms with E-state index < -0.39 is 5.79 Å². The van der Waals surface area contributed by atoms with Gasteiger partial charge in [-0.2, -0.15) is 0 Å². The van der Waals surface area contributed by atoms with Crippen LogP contribution in [0.4, 0.5) is 5.82 Å². The first-order valence-corrected chi connectivity index (χ1v) is 14.0. The van der Waals surface area contributed by atoms with Crippen molar-refractivity contribution in [2.45, 2.75) is 63.6 Å². The molecule has 2 aromatic carbocycles. The van der Waals surface area contributed by atoms with Gasteiger partial charge in [0, 0.05) is 34.7 Å². The molecular weight excluding hydrogens is 526 g/mol. The number of aromatic nitrogens is 4. The molecular formula is C31H30ClN5O3. The lowest BCUT2D eigenvalue weighted by Crippen LogP contribution is -2.29. The van der Waals surface area contributed by atoms with Crippen LogP contribution >= 0.6 is 11.6 Å².